The molecule has 0 radical (unpaired) electrons. The van der Waals surface area contributed by atoms with E-state index in [1.807, 2.05) is 31.3 Å². The van der Waals surface area contributed by atoms with Crippen LogP contribution in [0.2, 0.25) is 0 Å². The van der Waals surface area contributed by atoms with E-state index in [0.717, 1.165) is 27.1 Å². The Morgan fingerprint density at radius 2 is 1.81 bits per heavy atom. The Kier molecular flexibility index (Phi) is 3.06. The van der Waals surface area contributed by atoms with Crippen LogP contribution in [-0.4, -0.2) is 19.1 Å². The van der Waals surface area contributed by atoms with Crippen LogP contribution in [0.15, 0.2) is 36.4 Å². The summed E-state index contributed by atoms with van der Waals surface area (Å²) in [5.74, 6) is 0.872. The highest BCUT2D eigenvalue weighted by Crippen LogP contribution is 2.21. The van der Waals surface area contributed by atoms with Crippen molar-refractivity contribution in [2.75, 3.05) is 14.2 Å². The Morgan fingerprint density at radius 1 is 1.12 bits per heavy atom. The monoisotopic (exact) mass is 231 g/mol. The first-order valence-electron chi connectivity index (χ1n) is 5.04. The zero-order valence-electron chi connectivity index (χ0n) is 9.28. The largest absolute Gasteiger partial charge is 0.497 e. The summed E-state index contributed by atoms with van der Waals surface area (Å²) in [5, 5.41) is 5.29. The van der Waals surface area contributed by atoms with Crippen molar-refractivity contribution in [3.05, 3.63) is 42.0 Å². The molecule has 2 nitrogen and oxygen atoms in total. The lowest BCUT2D eigenvalue weighted by Gasteiger charge is -2.06. The fourth-order valence-electron chi connectivity index (χ4n) is 1.64. The van der Waals surface area contributed by atoms with Crippen molar-refractivity contribution in [2.45, 2.75) is 0 Å². The fraction of sp³-hybridized carbons (Fsp3) is 0.154. The second kappa shape index (κ2) is 4.49. The summed E-state index contributed by atoms with van der Waals surface area (Å²) in [4.78, 5) is 0.762. The number of hydrogen-bond acceptors (Lipinski definition) is 2. The second-order valence-electron chi connectivity index (χ2n) is 3.51. The van der Waals surface area contributed by atoms with E-state index in [1.54, 1.807) is 7.11 Å². The van der Waals surface area contributed by atoms with E-state index < -0.39 is 0 Å². The van der Waals surface area contributed by atoms with Gasteiger partial charge >= 0.3 is 0 Å². The predicted octanol–water partition coefficient (Wildman–Crippen LogP) is 2.74. The van der Waals surface area contributed by atoms with Crippen LogP contribution < -0.4 is 10.1 Å². The minimum Gasteiger partial charge on any atom is -0.497 e. The molecule has 1 N–H and O–H groups in total. The van der Waals surface area contributed by atoms with Crippen molar-refractivity contribution in [3.8, 4) is 5.75 Å². The maximum Gasteiger partial charge on any atom is 0.119 e. The van der Waals surface area contributed by atoms with Gasteiger partial charge in [0.1, 0.15) is 10.7 Å². The first kappa shape index (κ1) is 10.9. The number of nitrogens with one attached hydrogen (secondary N) is 1. The Morgan fingerprint density at radius 3 is 2.50 bits per heavy atom. The average Bonchev–Trinajstić information content (AvgIpc) is 2.36. The van der Waals surface area contributed by atoms with Gasteiger partial charge in [0, 0.05) is 12.6 Å². The molecule has 16 heavy (non-hydrogen) atoms. The molecule has 0 aliphatic carbocycles. The number of hydrogen-bond donors (Lipinski definition) is 1. The molecule has 0 unspecified atom stereocenters. The van der Waals surface area contributed by atoms with Gasteiger partial charge < -0.3 is 10.1 Å². The highest BCUT2D eigenvalue weighted by atomic mass is 32.1. The topological polar surface area (TPSA) is 21.3 Å². The van der Waals surface area contributed by atoms with Gasteiger partial charge in [0.2, 0.25) is 0 Å². The maximum absolute atomic E-state index is 5.20. The molecule has 0 fully saturated rings. The molecule has 0 saturated carbocycles. The van der Waals surface area contributed by atoms with Gasteiger partial charge in [-0.25, -0.2) is 0 Å². The van der Waals surface area contributed by atoms with Crippen LogP contribution in [-0.2, 0) is 0 Å². The van der Waals surface area contributed by atoms with Crippen molar-refractivity contribution in [1.29, 1.82) is 0 Å². The zero-order valence-corrected chi connectivity index (χ0v) is 10.1. The van der Waals surface area contributed by atoms with Crippen LogP contribution in [0.3, 0.4) is 0 Å². The van der Waals surface area contributed by atoms with Crippen molar-refractivity contribution in [1.82, 2.24) is 5.32 Å². The summed E-state index contributed by atoms with van der Waals surface area (Å²) in [6.45, 7) is 0. The van der Waals surface area contributed by atoms with E-state index >= 15 is 0 Å². The molecule has 0 heterocycles. The molecule has 0 amide bonds. The molecule has 2 aromatic rings. The molecule has 0 saturated heterocycles. The summed E-state index contributed by atoms with van der Waals surface area (Å²) in [5.41, 5.74) is 1.04. The predicted molar refractivity (Wildman–Crippen MR) is 71.3 cm³/mol. The van der Waals surface area contributed by atoms with Gasteiger partial charge in [0.05, 0.1) is 7.11 Å². The van der Waals surface area contributed by atoms with Gasteiger partial charge in [-0.1, -0.05) is 30.4 Å². The van der Waals surface area contributed by atoms with E-state index in [2.05, 4.69) is 17.4 Å². The normalized spacial score (nSPS) is 10.1. The highest BCUT2D eigenvalue weighted by molar-refractivity contribution is 7.80. The van der Waals surface area contributed by atoms with Crippen molar-refractivity contribution in [3.63, 3.8) is 0 Å². The zero-order chi connectivity index (χ0) is 11.5. The maximum atomic E-state index is 5.20. The lowest BCUT2D eigenvalue weighted by atomic mass is 10.1. The van der Waals surface area contributed by atoms with Gasteiger partial charge in [0.15, 0.2) is 0 Å². The number of thiocarbonyl (C=S) groups is 1. The van der Waals surface area contributed by atoms with Crippen molar-refractivity contribution >= 4 is 28.0 Å². The molecule has 0 spiro atoms. The van der Waals surface area contributed by atoms with Crippen LogP contribution in [0.5, 0.6) is 5.75 Å². The van der Waals surface area contributed by atoms with Crippen LogP contribution in [0.4, 0.5) is 0 Å². The average molecular weight is 231 g/mol. The quantitative estimate of drug-likeness (QED) is 0.803. The summed E-state index contributed by atoms with van der Waals surface area (Å²) < 4.78 is 5.18. The molecule has 2 rings (SSSR count). The van der Waals surface area contributed by atoms with Crippen LogP contribution in [0.1, 0.15) is 5.56 Å². The third kappa shape index (κ3) is 1.99. The molecule has 2 aromatic carbocycles. The van der Waals surface area contributed by atoms with Gasteiger partial charge in [-0.3, -0.25) is 0 Å². The molecule has 82 valence electrons. The summed E-state index contributed by atoms with van der Waals surface area (Å²) in [7, 11) is 3.51. The minimum absolute atomic E-state index is 0.762. The summed E-state index contributed by atoms with van der Waals surface area (Å²) in [6.07, 6.45) is 0. The minimum atomic E-state index is 0.762. The van der Waals surface area contributed by atoms with Crippen molar-refractivity contribution < 1.29 is 4.74 Å². The number of benzene rings is 2. The van der Waals surface area contributed by atoms with E-state index in [9.17, 15) is 0 Å². The molecule has 0 aromatic heterocycles. The Bertz CT molecular complexity index is 536. The van der Waals surface area contributed by atoms with E-state index in [0.29, 0.717) is 0 Å². The molecular weight excluding hydrogens is 218 g/mol. The summed E-state index contributed by atoms with van der Waals surface area (Å²) in [6, 6.07) is 12.1. The third-order valence-electron chi connectivity index (χ3n) is 2.54. The van der Waals surface area contributed by atoms with Gasteiger partial charge in [-0.15, -0.1) is 0 Å². The first-order chi connectivity index (χ1) is 7.74. The fourth-order valence-corrected chi connectivity index (χ4v) is 1.76. The molecule has 0 aliphatic heterocycles. The van der Waals surface area contributed by atoms with E-state index in [1.165, 1.54) is 0 Å². The molecule has 3 heteroatoms. The smallest absolute Gasteiger partial charge is 0.119 e. The molecule has 0 atom stereocenters. The number of ether oxygens (including phenoxy) is 1. The Labute approximate surface area is 100 Å². The summed E-state index contributed by atoms with van der Waals surface area (Å²) >= 11 is 5.20. The van der Waals surface area contributed by atoms with Gasteiger partial charge in [0.25, 0.3) is 0 Å². The molecule has 0 aliphatic rings. The van der Waals surface area contributed by atoms with Crippen LogP contribution in [0, 0.1) is 0 Å². The van der Waals surface area contributed by atoms with Crippen molar-refractivity contribution in [2.24, 2.45) is 0 Å². The SMILES string of the molecule is CNC(=S)c1ccc2cc(OC)ccc2c1. The number of rotatable bonds is 2. The van der Waals surface area contributed by atoms with E-state index in [-0.39, 0.29) is 0 Å². The third-order valence-corrected chi connectivity index (χ3v) is 2.98. The van der Waals surface area contributed by atoms with Gasteiger partial charge in [-0.05, 0) is 29.0 Å². The second-order valence-corrected chi connectivity index (χ2v) is 3.92. The van der Waals surface area contributed by atoms with Gasteiger partial charge in [-0.2, -0.15) is 0 Å². The Balaban J connectivity index is 2.51. The lowest BCUT2D eigenvalue weighted by Crippen LogP contribution is -2.16. The number of methoxy groups -OCH3 is 1. The highest BCUT2D eigenvalue weighted by Gasteiger charge is 2.01. The standard InChI is InChI=1S/C13H13NOS/c1-14-13(16)11-4-3-10-8-12(15-2)6-5-9(10)7-11/h3-8H,1-2H3,(H,14,16). The lowest BCUT2D eigenvalue weighted by molar-refractivity contribution is 0.415. The van der Waals surface area contributed by atoms with Crippen LogP contribution in [0.25, 0.3) is 10.8 Å². The van der Waals surface area contributed by atoms with Crippen LogP contribution >= 0.6 is 12.2 Å². The number of fused-ring (bicyclic) bond motifs is 1. The first-order valence-corrected chi connectivity index (χ1v) is 5.45. The Hall–Kier alpha value is -1.61. The molecular formula is C13H13NOS. The van der Waals surface area contributed by atoms with E-state index in [4.69, 9.17) is 17.0 Å². The molecule has 0 bridgehead atoms.